The number of ether oxygens (including phenoxy) is 1. The highest BCUT2D eigenvalue weighted by Crippen LogP contribution is 2.27. The van der Waals surface area contributed by atoms with Crippen molar-refractivity contribution in [2.75, 3.05) is 52.7 Å². The Hall–Kier alpha value is -2.32. The molecule has 150 valence electrons. The lowest BCUT2D eigenvalue weighted by molar-refractivity contribution is -0.134. The molecule has 9 heteroatoms. The van der Waals surface area contributed by atoms with Crippen LogP contribution < -0.4 is 15.4 Å². The van der Waals surface area contributed by atoms with E-state index in [-0.39, 0.29) is 37.4 Å². The number of carbonyl (C=O) groups excluding carboxylic acids is 3. The number of nitrogens with one attached hydrogen (secondary N) is 2. The summed E-state index contributed by atoms with van der Waals surface area (Å²) in [6, 6.07) is 4.87. The minimum absolute atomic E-state index is 0.0316. The van der Waals surface area contributed by atoms with Gasteiger partial charge in [-0.15, -0.1) is 0 Å². The number of nitrogens with zero attached hydrogens (tertiary/aromatic N) is 2. The van der Waals surface area contributed by atoms with E-state index in [1.54, 1.807) is 30.1 Å². The van der Waals surface area contributed by atoms with E-state index in [1.807, 2.05) is 6.92 Å². The summed E-state index contributed by atoms with van der Waals surface area (Å²) in [5, 5.41) is 5.88. The maximum atomic E-state index is 12.2. The molecule has 0 aromatic heterocycles. The number of likely N-dealkylation sites (N-methyl/N-ethyl adjacent to an activating group) is 2. The Morgan fingerprint density at radius 3 is 2.44 bits per heavy atom. The second kappa shape index (κ2) is 11.4. The molecule has 2 N–H and O–H groups in total. The van der Waals surface area contributed by atoms with Crippen LogP contribution in [0.15, 0.2) is 18.2 Å². The fourth-order valence-corrected chi connectivity index (χ4v) is 2.42. The molecule has 0 aliphatic heterocycles. The van der Waals surface area contributed by atoms with Gasteiger partial charge in [-0.25, -0.2) is 0 Å². The van der Waals surface area contributed by atoms with Crippen LogP contribution in [-0.2, 0) is 14.4 Å². The normalized spacial score (nSPS) is 10.4. The van der Waals surface area contributed by atoms with E-state index >= 15 is 0 Å². The number of hydrogen-bond acceptors (Lipinski definition) is 5. The molecule has 0 radical (unpaired) electrons. The summed E-state index contributed by atoms with van der Waals surface area (Å²) in [6.07, 6.45) is 0.851. The molecule has 1 aromatic carbocycles. The van der Waals surface area contributed by atoms with E-state index in [1.165, 1.54) is 19.1 Å². The summed E-state index contributed by atoms with van der Waals surface area (Å²) in [4.78, 5) is 39.0. The number of benzene rings is 1. The zero-order chi connectivity index (χ0) is 20.4. The van der Waals surface area contributed by atoms with Crippen molar-refractivity contribution in [3.05, 3.63) is 23.2 Å². The molecular formula is C18H27ClN4O4. The van der Waals surface area contributed by atoms with Gasteiger partial charge in [0.25, 0.3) is 0 Å². The topological polar surface area (TPSA) is 91.0 Å². The molecule has 0 spiro atoms. The van der Waals surface area contributed by atoms with Crippen molar-refractivity contribution in [3.8, 4) is 5.75 Å². The van der Waals surface area contributed by atoms with Crippen molar-refractivity contribution in [2.24, 2.45) is 0 Å². The Kier molecular flexibility index (Phi) is 9.60. The van der Waals surface area contributed by atoms with Crippen LogP contribution in [0.3, 0.4) is 0 Å². The third kappa shape index (κ3) is 8.27. The average molecular weight is 399 g/mol. The summed E-state index contributed by atoms with van der Waals surface area (Å²) in [5.74, 6) is -0.316. The van der Waals surface area contributed by atoms with E-state index in [0.29, 0.717) is 23.0 Å². The number of hydrogen-bond donors (Lipinski definition) is 2. The first-order valence-corrected chi connectivity index (χ1v) is 8.97. The molecule has 0 aliphatic carbocycles. The third-order valence-electron chi connectivity index (χ3n) is 3.63. The smallest absolute Gasteiger partial charge is 0.244 e. The average Bonchev–Trinajstić information content (AvgIpc) is 2.59. The number of methoxy groups -OCH3 is 1. The zero-order valence-electron chi connectivity index (χ0n) is 16.2. The molecule has 8 nitrogen and oxygen atoms in total. The van der Waals surface area contributed by atoms with Gasteiger partial charge in [-0.2, -0.15) is 0 Å². The van der Waals surface area contributed by atoms with Crippen molar-refractivity contribution in [1.82, 2.24) is 15.1 Å². The van der Waals surface area contributed by atoms with Gasteiger partial charge in [0.05, 0.1) is 32.4 Å². The Morgan fingerprint density at radius 1 is 1.11 bits per heavy atom. The van der Waals surface area contributed by atoms with Crippen molar-refractivity contribution in [3.63, 3.8) is 0 Å². The lowest BCUT2D eigenvalue weighted by Crippen LogP contribution is -2.43. The van der Waals surface area contributed by atoms with Crippen molar-refractivity contribution in [2.45, 2.75) is 13.3 Å². The molecule has 1 aromatic rings. The number of carbonyl (C=O) groups is 3. The number of amides is 3. The third-order valence-corrected chi connectivity index (χ3v) is 3.87. The second-order valence-electron chi connectivity index (χ2n) is 6.16. The summed E-state index contributed by atoms with van der Waals surface area (Å²) >= 11 is 5.93. The van der Waals surface area contributed by atoms with Crippen LogP contribution in [0.1, 0.15) is 13.3 Å². The van der Waals surface area contributed by atoms with E-state index in [9.17, 15) is 14.4 Å². The second-order valence-corrected chi connectivity index (χ2v) is 6.60. The molecule has 0 saturated heterocycles. The molecule has 0 unspecified atom stereocenters. The van der Waals surface area contributed by atoms with Crippen molar-refractivity contribution in [1.29, 1.82) is 0 Å². The van der Waals surface area contributed by atoms with Crippen LogP contribution >= 0.6 is 11.6 Å². The summed E-state index contributed by atoms with van der Waals surface area (Å²) in [6.45, 7) is 2.58. The first kappa shape index (κ1) is 22.7. The summed E-state index contributed by atoms with van der Waals surface area (Å²) < 4.78 is 5.17. The molecule has 3 amide bonds. The summed E-state index contributed by atoms with van der Waals surface area (Å²) in [5.41, 5.74) is 0.431. The lowest BCUT2D eigenvalue weighted by atomic mass is 10.3. The van der Waals surface area contributed by atoms with E-state index in [2.05, 4.69) is 10.6 Å². The first-order valence-electron chi connectivity index (χ1n) is 8.59. The molecule has 0 heterocycles. The quantitative estimate of drug-likeness (QED) is 0.618. The van der Waals surface area contributed by atoms with Crippen LogP contribution in [0.2, 0.25) is 5.02 Å². The number of anilines is 1. The minimum atomic E-state index is -0.380. The SMILES string of the molecule is CCCNC(=O)CN(C)CC(=O)N(C)CC(=O)Nc1cc(Cl)ccc1OC. The Morgan fingerprint density at radius 2 is 1.81 bits per heavy atom. The fraction of sp³-hybridized carbons (Fsp3) is 0.500. The van der Waals surface area contributed by atoms with E-state index in [0.717, 1.165) is 6.42 Å². The van der Waals surface area contributed by atoms with Gasteiger partial charge < -0.3 is 20.3 Å². The Labute approximate surface area is 164 Å². The van der Waals surface area contributed by atoms with E-state index < -0.39 is 0 Å². The predicted octanol–water partition coefficient (Wildman–Crippen LogP) is 1.20. The maximum absolute atomic E-state index is 12.2. The molecule has 0 aliphatic rings. The number of rotatable bonds is 10. The molecule has 27 heavy (non-hydrogen) atoms. The molecule has 0 atom stereocenters. The standard InChI is InChI=1S/C18H27ClN4O4/c1-5-8-20-16(24)10-22(2)12-18(26)23(3)11-17(25)21-14-9-13(19)6-7-15(14)27-4/h6-7,9H,5,8,10-12H2,1-4H3,(H,20,24)(H,21,25). The highest BCUT2D eigenvalue weighted by molar-refractivity contribution is 6.31. The van der Waals surface area contributed by atoms with Gasteiger partial charge >= 0.3 is 0 Å². The van der Waals surface area contributed by atoms with Crippen molar-refractivity contribution < 1.29 is 19.1 Å². The number of halogens is 1. The van der Waals surface area contributed by atoms with Crippen LogP contribution in [0.25, 0.3) is 0 Å². The van der Waals surface area contributed by atoms with E-state index in [4.69, 9.17) is 16.3 Å². The minimum Gasteiger partial charge on any atom is -0.495 e. The fourth-order valence-electron chi connectivity index (χ4n) is 2.24. The van der Waals surface area contributed by atoms with Gasteiger partial charge in [0.2, 0.25) is 17.7 Å². The van der Waals surface area contributed by atoms with Gasteiger partial charge in [-0.1, -0.05) is 18.5 Å². The van der Waals surface area contributed by atoms with Gasteiger partial charge in [0, 0.05) is 18.6 Å². The highest BCUT2D eigenvalue weighted by Gasteiger charge is 2.17. The monoisotopic (exact) mass is 398 g/mol. The van der Waals surface area contributed by atoms with Gasteiger partial charge in [0.15, 0.2) is 0 Å². The van der Waals surface area contributed by atoms with Crippen LogP contribution in [-0.4, -0.2) is 74.9 Å². The molecular weight excluding hydrogens is 372 g/mol. The highest BCUT2D eigenvalue weighted by atomic mass is 35.5. The van der Waals surface area contributed by atoms with Gasteiger partial charge in [-0.3, -0.25) is 19.3 Å². The molecule has 0 fully saturated rings. The van der Waals surface area contributed by atoms with Gasteiger partial charge in [-0.05, 0) is 31.7 Å². The van der Waals surface area contributed by atoms with Crippen molar-refractivity contribution >= 4 is 35.0 Å². The predicted molar refractivity (Wildman–Crippen MR) is 105 cm³/mol. The van der Waals surface area contributed by atoms with Crippen LogP contribution in [0, 0.1) is 0 Å². The molecule has 0 bridgehead atoms. The first-order chi connectivity index (χ1) is 12.8. The van der Waals surface area contributed by atoms with Gasteiger partial charge in [0.1, 0.15) is 5.75 Å². The van der Waals surface area contributed by atoms with Crippen LogP contribution in [0.4, 0.5) is 5.69 Å². The Bertz CT molecular complexity index is 669. The Balaban J connectivity index is 2.51. The molecule has 1 rings (SSSR count). The zero-order valence-corrected chi connectivity index (χ0v) is 16.9. The van der Waals surface area contributed by atoms with Crippen LogP contribution in [0.5, 0.6) is 5.75 Å². The lowest BCUT2D eigenvalue weighted by Gasteiger charge is -2.21. The summed E-state index contributed by atoms with van der Waals surface area (Å²) in [7, 11) is 4.69. The maximum Gasteiger partial charge on any atom is 0.244 e. The molecule has 0 saturated carbocycles. The largest absolute Gasteiger partial charge is 0.495 e.